The molecular formula is C26H41N3O5. The van der Waals surface area contributed by atoms with E-state index in [-0.39, 0.29) is 29.9 Å². The molecule has 4 N–H and O–H groups in total. The standard InChI is InChI=1S/C26H41N3O5/c1-19(2)17-23(26(32)34-22-9-7-8-10-22)27-18-20-13-15-21(16-14-20)28-24(30)11-5-3-4-6-12-25(31)29-33/h13-16,19,22-23,27,33H,3-12,17-18H2,1-2H3,(H,28,30)(H,29,31)/t23-/m0/s1. The zero-order chi connectivity index (χ0) is 24.8. The molecule has 0 unspecified atom stereocenters. The van der Waals surface area contributed by atoms with E-state index in [9.17, 15) is 14.4 Å². The second-order valence-corrected chi connectivity index (χ2v) is 9.60. The van der Waals surface area contributed by atoms with E-state index in [1.807, 2.05) is 24.3 Å². The van der Waals surface area contributed by atoms with Gasteiger partial charge in [-0.2, -0.15) is 0 Å². The molecule has 0 spiro atoms. The molecule has 2 amide bonds. The van der Waals surface area contributed by atoms with Crippen molar-refractivity contribution in [1.29, 1.82) is 0 Å². The molecule has 1 aromatic carbocycles. The Bertz CT molecular complexity index is 760. The Morgan fingerprint density at radius 2 is 1.59 bits per heavy atom. The lowest BCUT2D eigenvalue weighted by Crippen LogP contribution is -2.40. The highest BCUT2D eigenvalue weighted by molar-refractivity contribution is 5.90. The third-order valence-electron chi connectivity index (χ3n) is 6.05. The van der Waals surface area contributed by atoms with Gasteiger partial charge in [0.1, 0.15) is 12.1 Å². The first-order chi connectivity index (χ1) is 16.4. The molecule has 1 aliphatic rings. The quantitative estimate of drug-likeness (QED) is 0.129. The van der Waals surface area contributed by atoms with E-state index >= 15 is 0 Å². The summed E-state index contributed by atoms with van der Waals surface area (Å²) in [4.78, 5) is 35.7. The first kappa shape index (κ1) is 27.8. The molecule has 8 nitrogen and oxygen atoms in total. The summed E-state index contributed by atoms with van der Waals surface area (Å²) in [6.45, 7) is 4.76. The molecule has 0 heterocycles. The lowest BCUT2D eigenvalue weighted by atomic mass is 10.0. The van der Waals surface area contributed by atoms with Gasteiger partial charge in [-0.1, -0.05) is 38.8 Å². The molecule has 0 aliphatic heterocycles. The molecule has 0 aromatic heterocycles. The molecule has 0 saturated heterocycles. The number of hydrogen-bond acceptors (Lipinski definition) is 6. The Kier molecular flexibility index (Phi) is 12.6. The van der Waals surface area contributed by atoms with Crippen LogP contribution in [0.5, 0.6) is 0 Å². The number of hydroxylamine groups is 1. The number of unbranched alkanes of at least 4 members (excludes halogenated alkanes) is 3. The number of nitrogens with one attached hydrogen (secondary N) is 3. The van der Waals surface area contributed by atoms with Crippen LogP contribution in [-0.2, 0) is 25.7 Å². The van der Waals surface area contributed by atoms with Gasteiger partial charge in [-0.25, -0.2) is 5.48 Å². The van der Waals surface area contributed by atoms with Gasteiger partial charge < -0.3 is 15.4 Å². The summed E-state index contributed by atoms with van der Waals surface area (Å²) in [7, 11) is 0. The Hall–Kier alpha value is -2.45. The Balaban J connectivity index is 1.71. The number of ether oxygens (including phenoxy) is 1. The summed E-state index contributed by atoms with van der Waals surface area (Å²) in [5, 5.41) is 14.7. The number of rotatable bonds is 15. The van der Waals surface area contributed by atoms with E-state index in [0.717, 1.165) is 62.6 Å². The number of amides is 2. The van der Waals surface area contributed by atoms with Crippen LogP contribution in [0.4, 0.5) is 5.69 Å². The highest BCUT2D eigenvalue weighted by Crippen LogP contribution is 2.22. The number of benzene rings is 1. The normalized spacial score (nSPS) is 14.7. The number of esters is 1. The Labute approximate surface area is 203 Å². The molecule has 1 saturated carbocycles. The van der Waals surface area contributed by atoms with Gasteiger partial charge in [0.15, 0.2) is 0 Å². The lowest BCUT2D eigenvalue weighted by Gasteiger charge is -2.22. The summed E-state index contributed by atoms with van der Waals surface area (Å²) in [5.74, 6) is -0.186. The summed E-state index contributed by atoms with van der Waals surface area (Å²) < 4.78 is 5.72. The van der Waals surface area contributed by atoms with Crippen molar-refractivity contribution in [1.82, 2.24) is 10.8 Å². The lowest BCUT2D eigenvalue weighted by molar-refractivity contribution is -0.151. The fourth-order valence-electron chi connectivity index (χ4n) is 4.14. The van der Waals surface area contributed by atoms with Crippen LogP contribution >= 0.6 is 0 Å². The van der Waals surface area contributed by atoms with Gasteiger partial charge in [0.2, 0.25) is 11.8 Å². The van der Waals surface area contributed by atoms with Crippen molar-refractivity contribution in [3.05, 3.63) is 29.8 Å². The van der Waals surface area contributed by atoms with Gasteiger partial charge in [-0.05, 0) is 68.6 Å². The van der Waals surface area contributed by atoms with E-state index in [1.54, 1.807) is 5.48 Å². The van der Waals surface area contributed by atoms with Crippen molar-refractivity contribution in [3.63, 3.8) is 0 Å². The fraction of sp³-hybridized carbons (Fsp3) is 0.654. The maximum absolute atomic E-state index is 12.7. The third-order valence-corrected chi connectivity index (χ3v) is 6.05. The number of carbonyl (C=O) groups is 3. The maximum Gasteiger partial charge on any atom is 0.323 e. The summed E-state index contributed by atoms with van der Waals surface area (Å²) >= 11 is 0. The smallest absolute Gasteiger partial charge is 0.323 e. The van der Waals surface area contributed by atoms with Crippen molar-refractivity contribution in [2.45, 2.75) is 103 Å². The second-order valence-electron chi connectivity index (χ2n) is 9.60. The van der Waals surface area contributed by atoms with E-state index < -0.39 is 0 Å². The van der Waals surface area contributed by atoms with Crippen LogP contribution in [0.3, 0.4) is 0 Å². The van der Waals surface area contributed by atoms with Gasteiger partial charge >= 0.3 is 5.97 Å². The van der Waals surface area contributed by atoms with Gasteiger partial charge in [0, 0.05) is 25.1 Å². The summed E-state index contributed by atoms with van der Waals surface area (Å²) in [6.07, 6.45) is 8.87. The average molecular weight is 476 g/mol. The topological polar surface area (TPSA) is 117 Å². The fourth-order valence-corrected chi connectivity index (χ4v) is 4.14. The van der Waals surface area contributed by atoms with Crippen LogP contribution in [-0.4, -0.2) is 35.1 Å². The highest BCUT2D eigenvalue weighted by Gasteiger charge is 2.26. The zero-order valence-electron chi connectivity index (χ0n) is 20.6. The molecule has 0 bridgehead atoms. The van der Waals surface area contributed by atoms with Crippen LogP contribution in [0.2, 0.25) is 0 Å². The Morgan fingerprint density at radius 3 is 2.18 bits per heavy atom. The van der Waals surface area contributed by atoms with Crippen LogP contribution < -0.4 is 16.1 Å². The summed E-state index contributed by atoms with van der Waals surface area (Å²) in [5.41, 5.74) is 3.39. The van der Waals surface area contributed by atoms with E-state index in [1.165, 1.54) is 0 Å². The first-order valence-corrected chi connectivity index (χ1v) is 12.6. The van der Waals surface area contributed by atoms with E-state index in [0.29, 0.717) is 31.7 Å². The van der Waals surface area contributed by atoms with Gasteiger partial charge in [0.25, 0.3) is 0 Å². The average Bonchev–Trinajstić information content (AvgIpc) is 3.32. The number of carbonyl (C=O) groups excluding carboxylic acids is 3. The van der Waals surface area contributed by atoms with Gasteiger partial charge in [-0.3, -0.25) is 19.6 Å². The minimum atomic E-state index is -0.379. The molecule has 34 heavy (non-hydrogen) atoms. The largest absolute Gasteiger partial charge is 0.461 e. The minimum Gasteiger partial charge on any atom is -0.461 e. The maximum atomic E-state index is 12.7. The number of anilines is 1. The highest BCUT2D eigenvalue weighted by atomic mass is 16.5. The SMILES string of the molecule is CC(C)C[C@H](NCc1ccc(NC(=O)CCCCCCC(=O)NO)cc1)C(=O)OC1CCCC1. The zero-order valence-corrected chi connectivity index (χ0v) is 20.6. The van der Waals surface area contributed by atoms with Crippen molar-refractivity contribution < 1.29 is 24.3 Å². The molecule has 1 fully saturated rings. The molecule has 1 aliphatic carbocycles. The van der Waals surface area contributed by atoms with Crippen molar-refractivity contribution in [2.75, 3.05) is 5.32 Å². The molecular weight excluding hydrogens is 434 g/mol. The molecule has 1 aromatic rings. The van der Waals surface area contributed by atoms with E-state index in [4.69, 9.17) is 9.94 Å². The third kappa shape index (κ3) is 11.1. The first-order valence-electron chi connectivity index (χ1n) is 12.6. The van der Waals surface area contributed by atoms with Crippen molar-refractivity contribution in [2.24, 2.45) is 5.92 Å². The van der Waals surface area contributed by atoms with Crippen LogP contribution in [0, 0.1) is 5.92 Å². The molecule has 1 atom stereocenters. The molecule has 190 valence electrons. The molecule has 8 heteroatoms. The monoisotopic (exact) mass is 475 g/mol. The molecule has 2 rings (SSSR count). The van der Waals surface area contributed by atoms with Crippen LogP contribution in [0.15, 0.2) is 24.3 Å². The van der Waals surface area contributed by atoms with Crippen molar-refractivity contribution in [3.8, 4) is 0 Å². The number of hydrogen-bond donors (Lipinski definition) is 4. The molecule has 0 radical (unpaired) electrons. The van der Waals surface area contributed by atoms with Gasteiger partial charge in [0.05, 0.1) is 0 Å². The van der Waals surface area contributed by atoms with E-state index in [2.05, 4.69) is 24.5 Å². The second kappa shape index (κ2) is 15.5. The van der Waals surface area contributed by atoms with Gasteiger partial charge in [-0.15, -0.1) is 0 Å². The predicted octanol–water partition coefficient (Wildman–Crippen LogP) is 4.46. The summed E-state index contributed by atoms with van der Waals surface area (Å²) in [6, 6.07) is 7.32. The predicted molar refractivity (Wildman–Crippen MR) is 131 cm³/mol. The minimum absolute atomic E-state index is 0.0365. The van der Waals surface area contributed by atoms with Crippen molar-refractivity contribution >= 4 is 23.5 Å². The van der Waals surface area contributed by atoms with Crippen LogP contribution in [0.25, 0.3) is 0 Å². The van der Waals surface area contributed by atoms with Crippen LogP contribution in [0.1, 0.15) is 90.0 Å². The Morgan fingerprint density at radius 1 is 0.971 bits per heavy atom.